The largest absolute Gasteiger partial charge is 0.298 e. The van der Waals surface area contributed by atoms with Gasteiger partial charge in [0.1, 0.15) is 0 Å². The van der Waals surface area contributed by atoms with E-state index in [0.717, 1.165) is 17.8 Å². The lowest BCUT2D eigenvalue weighted by Crippen LogP contribution is -2.20. The summed E-state index contributed by atoms with van der Waals surface area (Å²) in [6.45, 7) is 11.5. The molecule has 2 atom stereocenters. The highest BCUT2D eigenvalue weighted by Gasteiger charge is 2.20. The molecule has 0 radical (unpaired) electrons. The number of hydrogen-bond acceptors (Lipinski definition) is 1. The first-order valence-corrected chi connectivity index (χ1v) is 5.95. The molecule has 0 rings (SSSR count). The fraction of sp³-hybridized carbons (Fsp3) is 0.923. The number of aliphatic imine (C=N–C) groups is 1. The van der Waals surface area contributed by atoms with E-state index in [9.17, 15) is 0 Å². The van der Waals surface area contributed by atoms with Crippen molar-refractivity contribution in [1.82, 2.24) is 0 Å². The Morgan fingerprint density at radius 3 is 2.14 bits per heavy atom. The highest BCUT2D eigenvalue weighted by Crippen LogP contribution is 2.28. The second kappa shape index (κ2) is 7.03. The van der Waals surface area contributed by atoms with Crippen LogP contribution in [0.1, 0.15) is 53.9 Å². The van der Waals surface area contributed by atoms with Gasteiger partial charge in [-0.25, -0.2) is 0 Å². The van der Waals surface area contributed by atoms with Gasteiger partial charge in [-0.2, -0.15) is 0 Å². The molecule has 84 valence electrons. The molecule has 0 aliphatic rings. The molecule has 0 saturated heterocycles. The van der Waals surface area contributed by atoms with Gasteiger partial charge in [0.15, 0.2) is 0 Å². The molecule has 1 heteroatoms. The van der Waals surface area contributed by atoms with Crippen LogP contribution in [0.4, 0.5) is 0 Å². The molecular weight excluding hydrogens is 170 g/mol. The van der Waals surface area contributed by atoms with Crippen LogP contribution in [0.5, 0.6) is 0 Å². The van der Waals surface area contributed by atoms with Gasteiger partial charge in [-0.1, -0.05) is 40.5 Å². The van der Waals surface area contributed by atoms with Crippen molar-refractivity contribution in [3.8, 4) is 0 Å². The summed E-state index contributed by atoms with van der Waals surface area (Å²) in [5.41, 5.74) is 1.30. The summed E-state index contributed by atoms with van der Waals surface area (Å²) >= 11 is 0. The molecule has 0 saturated carbocycles. The van der Waals surface area contributed by atoms with E-state index >= 15 is 0 Å². The zero-order valence-electron chi connectivity index (χ0n) is 10.8. The molecule has 0 N–H and O–H groups in total. The van der Waals surface area contributed by atoms with Crippen LogP contribution in [0, 0.1) is 17.8 Å². The van der Waals surface area contributed by atoms with Crippen molar-refractivity contribution in [2.24, 2.45) is 22.7 Å². The average molecular weight is 197 g/mol. The summed E-state index contributed by atoms with van der Waals surface area (Å²) in [7, 11) is 1.90. The van der Waals surface area contributed by atoms with Crippen molar-refractivity contribution in [1.29, 1.82) is 0 Å². The van der Waals surface area contributed by atoms with E-state index in [1.165, 1.54) is 25.0 Å². The van der Waals surface area contributed by atoms with Gasteiger partial charge in [0.25, 0.3) is 0 Å². The third-order valence-electron chi connectivity index (χ3n) is 3.24. The Morgan fingerprint density at radius 1 is 1.21 bits per heavy atom. The minimum absolute atomic E-state index is 0.772. The third-order valence-corrected chi connectivity index (χ3v) is 3.24. The first-order chi connectivity index (χ1) is 6.52. The molecule has 0 aliphatic heterocycles. The fourth-order valence-corrected chi connectivity index (χ4v) is 2.20. The maximum absolute atomic E-state index is 4.27. The normalized spacial score (nSPS) is 17.2. The zero-order valence-corrected chi connectivity index (χ0v) is 10.8. The van der Waals surface area contributed by atoms with Crippen molar-refractivity contribution in [2.45, 2.75) is 53.9 Å². The van der Waals surface area contributed by atoms with E-state index in [1.807, 2.05) is 7.05 Å². The van der Waals surface area contributed by atoms with Gasteiger partial charge in [0.2, 0.25) is 0 Å². The molecule has 0 fully saturated rings. The van der Waals surface area contributed by atoms with Crippen molar-refractivity contribution >= 4 is 5.71 Å². The van der Waals surface area contributed by atoms with E-state index in [0.29, 0.717) is 0 Å². The van der Waals surface area contributed by atoms with Crippen molar-refractivity contribution in [3.05, 3.63) is 0 Å². The molecule has 2 unspecified atom stereocenters. The molecule has 0 aromatic carbocycles. The molecule has 0 amide bonds. The highest BCUT2D eigenvalue weighted by molar-refractivity contribution is 5.81. The van der Waals surface area contributed by atoms with Gasteiger partial charge < -0.3 is 0 Å². The van der Waals surface area contributed by atoms with Crippen LogP contribution in [0.25, 0.3) is 0 Å². The lowest BCUT2D eigenvalue weighted by Gasteiger charge is -2.27. The molecule has 0 spiro atoms. The first-order valence-electron chi connectivity index (χ1n) is 5.95. The maximum Gasteiger partial charge on any atom is 0.0276 e. The SMILES string of the molecule is CCCC(C)C(CC(C)=NC)C(C)C. The summed E-state index contributed by atoms with van der Waals surface area (Å²) in [6, 6.07) is 0. The second-order valence-electron chi connectivity index (χ2n) is 4.84. The Hall–Kier alpha value is -0.330. The van der Waals surface area contributed by atoms with Gasteiger partial charge in [0, 0.05) is 12.8 Å². The second-order valence-corrected chi connectivity index (χ2v) is 4.84. The van der Waals surface area contributed by atoms with Crippen LogP contribution in [0.3, 0.4) is 0 Å². The summed E-state index contributed by atoms with van der Waals surface area (Å²) in [5, 5.41) is 0. The van der Waals surface area contributed by atoms with E-state index in [1.54, 1.807) is 0 Å². The van der Waals surface area contributed by atoms with E-state index < -0.39 is 0 Å². The van der Waals surface area contributed by atoms with E-state index in [-0.39, 0.29) is 0 Å². The molecule has 14 heavy (non-hydrogen) atoms. The minimum Gasteiger partial charge on any atom is -0.298 e. The van der Waals surface area contributed by atoms with E-state index in [4.69, 9.17) is 0 Å². The maximum atomic E-state index is 4.27. The van der Waals surface area contributed by atoms with Crippen LogP contribution in [-0.4, -0.2) is 12.8 Å². The zero-order chi connectivity index (χ0) is 11.1. The Labute approximate surface area is 90.0 Å². The molecule has 0 aromatic rings. The van der Waals surface area contributed by atoms with Crippen molar-refractivity contribution in [2.75, 3.05) is 7.05 Å². The van der Waals surface area contributed by atoms with Crippen molar-refractivity contribution < 1.29 is 0 Å². The van der Waals surface area contributed by atoms with Gasteiger partial charge >= 0.3 is 0 Å². The minimum atomic E-state index is 0.772. The Kier molecular flexibility index (Phi) is 6.86. The van der Waals surface area contributed by atoms with Crippen LogP contribution in [0.15, 0.2) is 4.99 Å². The summed E-state index contributed by atoms with van der Waals surface area (Å²) in [4.78, 5) is 4.27. The van der Waals surface area contributed by atoms with Crippen LogP contribution in [-0.2, 0) is 0 Å². The Balaban J connectivity index is 4.28. The molecule has 0 aromatic heterocycles. The third kappa shape index (κ3) is 4.78. The number of hydrogen-bond donors (Lipinski definition) is 0. The topological polar surface area (TPSA) is 12.4 Å². The average Bonchev–Trinajstić information content (AvgIpc) is 2.13. The van der Waals surface area contributed by atoms with Gasteiger partial charge in [-0.3, -0.25) is 4.99 Å². The monoisotopic (exact) mass is 197 g/mol. The molecule has 1 nitrogen and oxygen atoms in total. The fourth-order valence-electron chi connectivity index (χ4n) is 2.20. The predicted molar refractivity (Wildman–Crippen MR) is 66.1 cm³/mol. The predicted octanol–water partition coefficient (Wildman–Crippen LogP) is 4.18. The van der Waals surface area contributed by atoms with Gasteiger partial charge in [-0.05, 0) is 31.1 Å². The van der Waals surface area contributed by atoms with Crippen LogP contribution in [0.2, 0.25) is 0 Å². The summed E-state index contributed by atoms with van der Waals surface area (Å²) < 4.78 is 0. The lowest BCUT2D eigenvalue weighted by atomic mass is 9.79. The summed E-state index contributed by atoms with van der Waals surface area (Å²) in [5.74, 6) is 2.41. The molecule has 0 aliphatic carbocycles. The van der Waals surface area contributed by atoms with E-state index in [2.05, 4.69) is 39.6 Å². The Bertz CT molecular complexity index is 170. The Morgan fingerprint density at radius 2 is 1.79 bits per heavy atom. The lowest BCUT2D eigenvalue weighted by molar-refractivity contribution is 0.264. The molecular formula is C13H27N. The van der Waals surface area contributed by atoms with Gasteiger partial charge in [0.05, 0.1) is 0 Å². The standard InChI is InChI=1S/C13H27N/c1-7-8-11(4)13(10(2)3)9-12(5)14-6/h10-11,13H,7-9H2,1-6H3. The quantitative estimate of drug-likeness (QED) is 0.567. The smallest absolute Gasteiger partial charge is 0.0276 e. The number of rotatable bonds is 6. The molecule has 0 heterocycles. The first kappa shape index (κ1) is 13.7. The van der Waals surface area contributed by atoms with Crippen LogP contribution < -0.4 is 0 Å². The van der Waals surface area contributed by atoms with Gasteiger partial charge in [-0.15, -0.1) is 0 Å². The molecule has 0 bridgehead atoms. The van der Waals surface area contributed by atoms with Crippen molar-refractivity contribution in [3.63, 3.8) is 0 Å². The van der Waals surface area contributed by atoms with Crippen LogP contribution >= 0.6 is 0 Å². The summed E-state index contributed by atoms with van der Waals surface area (Å²) in [6.07, 6.45) is 3.82. The number of nitrogens with zero attached hydrogens (tertiary/aromatic N) is 1. The highest BCUT2D eigenvalue weighted by atomic mass is 14.7.